The topological polar surface area (TPSA) is 37.3 Å². The molecular weight excluding hydrogens is 341 g/mol. The Morgan fingerprint density at radius 2 is 2.18 bits per heavy atom. The van der Waals surface area contributed by atoms with E-state index < -0.39 is 0 Å². The first kappa shape index (κ1) is 13.1. The minimum absolute atomic E-state index is 0. The second-order valence-electron chi connectivity index (χ2n) is 4.55. The third-order valence-electron chi connectivity index (χ3n) is 3.58. The van der Waals surface area contributed by atoms with E-state index in [1.54, 1.807) is 12.1 Å². The van der Waals surface area contributed by atoms with Crippen LogP contribution in [0, 0.1) is 53.6 Å². The average Bonchev–Trinajstić information content (AvgIpc) is 2.61. The summed E-state index contributed by atoms with van der Waals surface area (Å²) < 4.78 is 0. The maximum absolute atomic E-state index is 11.7. The number of carbonyl (C=O) groups is 1. The predicted molar refractivity (Wildman–Crippen MR) is 61.8 cm³/mol. The van der Waals surface area contributed by atoms with Crippen molar-refractivity contribution in [3.8, 4) is 5.75 Å². The van der Waals surface area contributed by atoms with Crippen LogP contribution in [0.5, 0.6) is 5.75 Å². The smallest absolute Gasteiger partial charge is 0.157 e. The van der Waals surface area contributed by atoms with Crippen LogP contribution in [0.3, 0.4) is 0 Å². The van der Waals surface area contributed by atoms with Crippen molar-refractivity contribution < 1.29 is 51.2 Å². The number of allylic oxidation sites excluding steroid dienone is 2. The number of aromatic hydroxyl groups is 1. The van der Waals surface area contributed by atoms with Crippen molar-refractivity contribution in [3.63, 3.8) is 0 Å². The Hall–Kier alpha value is -0.336. The Morgan fingerprint density at radius 3 is 2.94 bits per heavy atom. The molecule has 0 saturated heterocycles. The summed E-state index contributed by atoms with van der Waals surface area (Å²) in [6.45, 7) is 1.92. The van der Waals surface area contributed by atoms with Crippen LogP contribution in [-0.4, -0.2) is 10.9 Å². The van der Waals surface area contributed by atoms with Crippen LogP contribution in [0.25, 0.3) is 5.57 Å². The summed E-state index contributed by atoms with van der Waals surface area (Å²) in [6, 6.07) is 5.38. The maximum atomic E-state index is 11.7. The normalized spacial score (nSPS) is 21.5. The number of benzene rings is 1. The molecule has 1 N–H and O–H groups in total. The molecule has 85 valence electrons. The van der Waals surface area contributed by atoms with Crippen molar-refractivity contribution >= 4 is 11.4 Å². The van der Waals surface area contributed by atoms with Gasteiger partial charge in [0.25, 0.3) is 0 Å². The predicted octanol–water partition coefficient (Wildman–Crippen LogP) is 2.71. The number of Topliss-reactive ketones (excluding diaryl/α,β-unsaturated/α-hetero) is 1. The Morgan fingerprint density at radius 1 is 1.41 bits per heavy atom. The minimum atomic E-state index is 0. The average molecular weight is 354 g/mol. The van der Waals surface area contributed by atoms with Crippen molar-refractivity contribution in [3.05, 3.63) is 41.3 Å². The Balaban J connectivity index is 0.00000108. The molecule has 2 aliphatic carbocycles. The number of ketones is 1. The monoisotopic (exact) mass is 354 g/mol. The van der Waals surface area contributed by atoms with Crippen molar-refractivity contribution in [2.24, 2.45) is 5.92 Å². The summed E-state index contributed by atoms with van der Waals surface area (Å²) >= 11 is 0. The minimum Gasteiger partial charge on any atom is -0.521 e. The fourth-order valence-electron chi connectivity index (χ4n) is 2.77. The van der Waals surface area contributed by atoms with Gasteiger partial charge in [0.1, 0.15) is 0 Å². The van der Waals surface area contributed by atoms with E-state index in [1.165, 1.54) is 5.57 Å². The van der Waals surface area contributed by atoms with E-state index >= 15 is 0 Å². The fourth-order valence-corrected chi connectivity index (χ4v) is 2.77. The first-order valence-corrected chi connectivity index (χ1v) is 5.59. The Bertz CT molecular complexity index is 517. The molecular formula is C14H13O2Pr-. The SMILES string of the molecule is CC1=C2c3ccc(O)cc3[CH-][C@@H]2CCC1=O.[Pr]. The van der Waals surface area contributed by atoms with Gasteiger partial charge in [-0.3, -0.25) is 4.79 Å². The summed E-state index contributed by atoms with van der Waals surface area (Å²) in [5.41, 5.74) is 4.26. The van der Waals surface area contributed by atoms with Gasteiger partial charge in [-0.1, -0.05) is 11.5 Å². The van der Waals surface area contributed by atoms with Crippen LogP contribution >= 0.6 is 0 Å². The van der Waals surface area contributed by atoms with Crippen LogP contribution in [-0.2, 0) is 4.79 Å². The number of fused-ring (bicyclic) bond motifs is 3. The zero-order valence-electron chi connectivity index (χ0n) is 9.73. The number of hydrogen-bond donors (Lipinski definition) is 1. The van der Waals surface area contributed by atoms with Crippen LogP contribution in [0.15, 0.2) is 23.8 Å². The second kappa shape index (κ2) is 4.74. The van der Waals surface area contributed by atoms with Gasteiger partial charge in [0.15, 0.2) is 5.78 Å². The van der Waals surface area contributed by atoms with Gasteiger partial charge in [-0.05, 0) is 25.0 Å². The molecule has 0 heterocycles. The standard InChI is InChI=1S/C14H13O2.Pr/c1-8-13(16)5-2-9-6-10-7-11(15)3-4-12(10)14(8)9;/h3-4,6-7,9,15H,2,5H2,1H3;/q-1;/t9-;/m0./s1. The largest absolute Gasteiger partial charge is 0.521 e. The molecule has 0 bridgehead atoms. The van der Waals surface area contributed by atoms with Crippen LogP contribution in [0.2, 0.25) is 0 Å². The first-order valence-electron chi connectivity index (χ1n) is 5.59. The molecule has 1 atom stereocenters. The summed E-state index contributed by atoms with van der Waals surface area (Å²) in [4.78, 5) is 11.7. The van der Waals surface area contributed by atoms with E-state index in [2.05, 4.69) is 6.42 Å². The van der Waals surface area contributed by atoms with Crippen molar-refractivity contribution in [1.29, 1.82) is 0 Å². The number of rotatable bonds is 0. The van der Waals surface area contributed by atoms with Crippen LogP contribution in [0.4, 0.5) is 0 Å². The van der Waals surface area contributed by atoms with E-state index in [4.69, 9.17) is 0 Å². The van der Waals surface area contributed by atoms with Gasteiger partial charge in [-0.25, -0.2) is 0 Å². The number of phenolic OH excluding ortho intramolecular Hbond substituents is 1. The quantitative estimate of drug-likeness (QED) is 0.728. The van der Waals surface area contributed by atoms with Gasteiger partial charge >= 0.3 is 0 Å². The number of phenols is 1. The van der Waals surface area contributed by atoms with Gasteiger partial charge in [-0.2, -0.15) is 12.0 Å². The molecule has 17 heavy (non-hydrogen) atoms. The molecule has 2 aliphatic rings. The summed E-state index contributed by atoms with van der Waals surface area (Å²) in [5.74, 6) is 0.924. The number of hydrogen-bond acceptors (Lipinski definition) is 2. The summed E-state index contributed by atoms with van der Waals surface area (Å²) in [6.07, 6.45) is 3.72. The first-order chi connectivity index (χ1) is 7.66. The van der Waals surface area contributed by atoms with Crippen molar-refractivity contribution in [1.82, 2.24) is 0 Å². The van der Waals surface area contributed by atoms with Gasteiger partial charge in [-0.15, -0.1) is 17.7 Å². The Labute approximate surface area is 134 Å². The molecule has 0 amide bonds. The van der Waals surface area contributed by atoms with E-state index in [0.717, 1.165) is 23.1 Å². The Kier molecular flexibility index (Phi) is 3.65. The second-order valence-corrected chi connectivity index (χ2v) is 4.55. The van der Waals surface area contributed by atoms with Crippen LogP contribution < -0.4 is 0 Å². The molecule has 0 saturated carbocycles. The molecule has 1 aromatic carbocycles. The van der Waals surface area contributed by atoms with Crippen LogP contribution in [0.1, 0.15) is 30.9 Å². The summed E-state index contributed by atoms with van der Waals surface area (Å²) in [7, 11) is 0. The van der Waals surface area contributed by atoms with Gasteiger partial charge < -0.3 is 5.11 Å². The maximum Gasteiger partial charge on any atom is 0.157 e. The van der Waals surface area contributed by atoms with Crippen molar-refractivity contribution in [2.45, 2.75) is 19.8 Å². The van der Waals surface area contributed by atoms with E-state index in [-0.39, 0.29) is 47.1 Å². The molecule has 3 rings (SSSR count). The van der Waals surface area contributed by atoms with E-state index in [1.807, 2.05) is 13.0 Å². The molecule has 0 aliphatic heterocycles. The molecule has 1 aromatic rings. The third kappa shape index (κ3) is 2.06. The third-order valence-corrected chi connectivity index (χ3v) is 3.58. The molecule has 0 aromatic heterocycles. The number of carbonyl (C=O) groups excluding carboxylic acids is 1. The zero-order chi connectivity index (χ0) is 11.3. The molecule has 2 nitrogen and oxygen atoms in total. The zero-order valence-corrected chi connectivity index (χ0v) is 13.4. The van der Waals surface area contributed by atoms with Crippen molar-refractivity contribution in [2.75, 3.05) is 0 Å². The van der Waals surface area contributed by atoms with E-state index in [0.29, 0.717) is 18.1 Å². The molecule has 1 radical (unpaired) electrons. The van der Waals surface area contributed by atoms with Gasteiger partial charge in [0, 0.05) is 47.7 Å². The molecule has 0 fully saturated rings. The summed E-state index contributed by atoms with van der Waals surface area (Å²) in [5, 5.41) is 9.44. The van der Waals surface area contributed by atoms with Gasteiger partial charge in [0.05, 0.1) is 5.75 Å². The van der Waals surface area contributed by atoms with E-state index in [9.17, 15) is 9.90 Å². The van der Waals surface area contributed by atoms with Gasteiger partial charge in [0.2, 0.25) is 0 Å². The fraction of sp³-hybridized carbons (Fsp3) is 0.286. The molecule has 0 unspecified atom stereocenters. The molecule has 0 spiro atoms. The molecule has 3 heteroatoms.